The molecular weight excluding hydrogens is 358 g/mol. The highest BCUT2D eigenvalue weighted by Crippen LogP contribution is 2.26. The number of thioether (sulfide) groups is 1. The van der Waals surface area contributed by atoms with Crippen LogP contribution in [-0.2, 0) is 11.3 Å². The summed E-state index contributed by atoms with van der Waals surface area (Å²) >= 11 is 1.42. The van der Waals surface area contributed by atoms with E-state index in [0.717, 1.165) is 27.4 Å². The zero-order chi connectivity index (χ0) is 18.5. The number of anilines is 1. The van der Waals surface area contributed by atoms with Gasteiger partial charge in [0.15, 0.2) is 0 Å². The third-order valence-electron chi connectivity index (χ3n) is 4.10. The highest BCUT2D eigenvalue weighted by molar-refractivity contribution is 8.00. The average molecular weight is 375 g/mol. The van der Waals surface area contributed by atoms with E-state index in [1.54, 1.807) is 11.2 Å². The van der Waals surface area contributed by atoms with Crippen molar-refractivity contribution in [1.29, 1.82) is 0 Å². The van der Waals surface area contributed by atoms with Crippen molar-refractivity contribution in [2.45, 2.75) is 11.6 Å². The zero-order valence-electron chi connectivity index (χ0n) is 14.5. The number of nitrogens with zero attached hydrogens (tertiary/aromatic N) is 3. The Morgan fingerprint density at radius 1 is 0.963 bits per heavy atom. The number of furan rings is 1. The van der Waals surface area contributed by atoms with Crippen molar-refractivity contribution in [2.75, 3.05) is 10.7 Å². The number of aromatic nitrogens is 2. The maximum atomic E-state index is 13.0. The fourth-order valence-electron chi connectivity index (χ4n) is 2.79. The Morgan fingerprint density at radius 3 is 2.59 bits per heavy atom. The van der Waals surface area contributed by atoms with E-state index >= 15 is 0 Å². The van der Waals surface area contributed by atoms with E-state index in [0.29, 0.717) is 6.54 Å². The summed E-state index contributed by atoms with van der Waals surface area (Å²) in [5.41, 5.74) is 1.71. The standard InChI is InChI=1S/C21H17N3O2S/c25-20(14-27-21-18-10-4-5-11-19(18)22-15-23-21)24(13-17-9-6-12-26-17)16-7-2-1-3-8-16/h1-12,15H,13-14H2. The Bertz CT molecular complexity index is 1030. The molecule has 0 aliphatic rings. The molecule has 2 heterocycles. The fraction of sp³-hybridized carbons (Fsp3) is 0.0952. The number of hydrogen-bond acceptors (Lipinski definition) is 5. The lowest BCUT2D eigenvalue weighted by Crippen LogP contribution is -2.31. The van der Waals surface area contributed by atoms with Gasteiger partial charge < -0.3 is 9.32 Å². The van der Waals surface area contributed by atoms with Crippen LogP contribution in [-0.4, -0.2) is 21.6 Å². The fourth-order valence-corrected chi connectivity index (χ4v) is 3.66. The minimum atomic E-state index is -0.00899. The molecule has 0 aliphatic carbocycles. The molecular formula is C21H17N3O2S. The first-order valence-electron chi connectivity index (χ1n) is 8.51. The van der Waals surface area contributed by atoms with Crippen LogP contribution in [0, 0.1) is 0 Å². The second-order valence-corrected chi connectivity index (χ2v) is 6.84. The minimum absolute atomic E-state index is 0.00899. The topological polar surface area (TPSA) is 59.2 Å². The summed E-state index contributed by atoms with van der Waals surface area (Å²) in [4.78, 5) is 23.3. The molecule has 1 amide bonds. The van der Waals surface area contributed by atoms with E-state index in [4.69, 9.17) is 4.42 Å². The number of fused-ring (bicyclic) bond motifs is 1. The summed E-state index contributed by atoms with van der Waals surface area (Å²) in [5, 5.41) is 1.76. The second-order valence-electron chi connectivity index (χ2n) is 5.88. The molecule has 5 nitrogen and oxygen atoms in total. The van der Waals surface area contributed by atoms with Crippen LogP contribution >= 0.6 is 11.8 Å². The summed E-state index contributed by atoms with van der Waals surface area (Å²) in [6.07, 6.45) is 3.15. The van der Waals surface area contributed by atoms with Gasteiger partial charge in [0.25, 0.3) is 0 Å². The smallest absolute Gasteiger partial charge is 0.237 e. The van der Waals surface area contributed by atoms with Gasteiger partial charge in [-0.3, -0.25) is 4.79 Å². The van der Waals surface area contributed by atoms with Gasteiger partial charge in [0.2, 0.25) is 5.91 Å². The highest BCUT2D eigenvalue weighted by atomic mass is 32.2. The van der Waals surface area contributed by atoms with E-state index in [9.17, 15) is 4.79 Å². The van der Waals surface area contributed by atoms with Crippen molar-refractivity contribution in [3.8, 4) is 0 Å². The SMILES string of the molecule is O=C(CSc1ncnc2ccccc12)N(Cc1ccco1)c1ccccc1. The molecule has 0 bridgehead atoms. The van der Waals surface area contributed by atoms with Gasteiger partial charge in [0.1, 0.15) is 17.1 Å². The van der Waals surface area contributed by atoms with Crippen molar-refractivity contribution < 1.29 is 9.21 Å². The van der Waals surface area contributed by atoms with E-state index in [-0.39, 0.29) is 11.7 Å². The Morgan fingerprint density at radius 2 is 1.78 bits per heavy atom. The molecule has 0 unspecified atom stereocenters. The van der Waals surface area contributed by atoms with Gasteiger partial charge in [-0.15, -0.1) is 0 Å². The summed E-state index contributed by atoms with van der Waals surface area (Å²) in [5.74, 6) is 1.01. The average Bonchev–Trinajstić information content (AvgIpc) is 3.24. The molecule has 4 rings (SSSR count). The number of benzene rings is 2. The molecule has 2 aromatic heterocycles. The lowest BCUT2D eigenvalue weighted by atomic mass is 10.2. The summed E-state index contributed by atoms with van der Waals surface area (Å²) in [7, 11) is 0. The predicted molar refractivity (Wildman–Crippen MR) is 107 cm³/mol. The molecule has 0 saturated heterocycles. The zero-order valence-corrected chi connectivity index (χ0v) is 15.3. The molecule has 0 N–H and O–H groups in total. The van der Waals surface area contributed by atoms with E-state index in [1.807, 2.05) is 66.7 Å². The van der Waals surface area contributed by atoms with Gasteiger partial charge in [0.05, 0.1) is 24.1 Å². The predicted octanol–water partition coefficient (Wildman–Crippen LogP) is 4.55. The molecule has 0 fully saturated rings. The van der Waals surface area contributed by atoms with Gasteiger partial charge in [-0.2, -0.15) is 0 Å². The lowest BCUT2D eigenvalue weighted by Gasteiger charge is -2.21. The molecule has 2 aromatic carbocycles. The van der Waals surface area contributed by atoms with Crippen molar-refractivity contribution >= 4 is 34.3 Å². The van der Waals surface area contributed by atoms with Gasteiger partial charge in [0, 0.05) is 11.1 Å². The summed E-state index contributed by atoms with van der Waals surface area (Å²) in [6, 6.07) is 21.1. The number of amides is 1. The first-order valence-corrected chi connectivity index (χ1v) is 9.50. The molecule has 0 aliphatic heterocycles. The largest absolute Gasteiger partial charge is 0.467 e. The van der Waals surface area contributed by atoms with E-state index < -0.39 is 0 Å². The van der Waals surface area contributed by atoms with E-state index in [1.165, 1.54) is 18.1 Å². The van der Waals surface area contributed by atoms with Crippen molar-refractivity contribution in [2.24, 2.45) is 0 Å². The third kappa shape index (κ3) is 4.01. The van der Waals surface area contributed by atoms with Crippen LogP contribution in [0.3, 0.4) is 0 Å². The van der Waals surface area contributed by atoms with Gasteiger partial charge in [-0.05, 0) is 30.3 Å². The first kappa shape index (κ1) is 17.3. The van der Waals surface area contributed by atoms with Crippen molar-refractivity contribution in [3.05, 3.63) is 85.1 Å². The van der Waals surface area contributed by atoms with Crippen LogP contribution in [0.15, 0.2) is 88.8 Å². The summed E-state index contributed by atoms with van der Waals surface area (Å²) in [6.45, 7) is 0.390. The minimum Gasteiger partial charge on any atom is -0.467 e. The van der Waals surface area contributed by atoms with Crippen LogP contribution in [0.4, 0.5) is 5.69 Å². The van der Waals surface area contributed by atoms with Crippen molar-refractivity contribution in [3.63, 3.8) is 0 Å². The van der Waals surface area contributed by atoms with E-state index in [2.05, 4.69) is 9.97 Å². The third-order valence-corrected chi connectivity index (χ3v) is 5.09. The van der Waals surface area contributed by atoms with Crippen LogP contribution in [0.5, 0.6) is 0 Å². The maximum absolute atomic E-state index is 13.0. The Kier molecular flexibility index (Phi) is 5.16. The Labute approximate surface area is 161 Å². The molecule has 134 valence electrons. The number of hydrogen-bond donors (Lipinski definition) is 0. The van der Waals surface area contributed by atoms with Crippen molar-refractivity contribution in [1.82, 2.24) is 9.97 Å². The number of carbonyl (C=O) groups excluding carboxylic acids is 1. The lowest BCUT2D eigenvalue weighted by molar-refractivity contribution is -0.116. The van der Waals surface area contributed by atoms with Crippen LogP contribution in [0.2, 0.25) is 0 Å². The Hall–Kier alpha value is -3.12. The quantitative estimate of drug-likeness (QED) is 0.365. The normalized spacial score (nSPS) is 10.8. The van der Waals surface area contributed by atoms with Gasteiger partial charge >= 0.3 is 0 Å². The highest BCUT2D eigenvalue weighted by Gasteiger charge is 2.18. The molecule has 27 heavy (non-hydrogen) atoms. The number of rotatable bonds is 6. The van der Waals surface area contributed by atoms with Gasteiger partial charge in [-0.1, -0.05) is 48.2 Å². The number of para-hydroxylation sites is 2. The first-order chi connectivity index (χ1) is 13.3. The second kappa shape index (κ2) is 8.05. The molecule has 4 aromatic rings. The molecule has 6 heteroatoms. The summed E-state index contributed by atoms with van der Waals surface area (Å²) < 4.78 is 5.43. The Balaban J connectivity index is 1.54. The molecule has 0 radical (unpaired) electrons. The molecule has 0 atom stereocenters. The maximum Gasteiger partial charge on any atom is 0.237 e. The number of carbonyl (C=O) groups is 1. The monoisotopic (exact) mass is 375 g/mol. The van der Waals surface area contributed by atoms with Crippen LogP contribution < -0.4 is 4.90 Å². The van der Waals surface area contributed by atoms with Crippen LogP contribution in [0.1, 0.15) is 5.76 Å². The molecule has 0 spiro atoms. The van der Waals surface area contributed by atoms with Gasteiger partial charge in [-0.25, -0.2) is 9.97 Å². The van der Waals surface area contributed by atoms with Crippen LogP contribution in [0.25, 0.3) is 10.9 Å². The molecule has 0 saturated carbocycles.